The van der Waals surface area contributed by atoms with E-state index in [9.17, 15) is 4.79 Å². The van der Waals surface area contributed by atoms with Crippen molar-refractivity contribution in [3.05, 3.63) is 0 Å². The summed E-state index contributed by atoms with van der Waals surface area (Å²) in [5, 5.41) is 1.42. The maximum Gasteiger partial charge on any atom is 0.248 e. The summed E-state index contributed by atoms with van der Waals surface area (Å²) in [5.41, 5.74) is 0. The number of nitrogens with zero attached hydrogens (tertiary/aromatic N) is 1. The van der Waals surface area contributed by atoms with E-state index < -0.39 is 0 Å². The van der Waals surface area contributed by atoms with E-state index in [0.717, 1.165) is 13.0 Å². The molecule has 0 N–H and O–H groups in total. The molecule has 11 heavy (non-hydrogen) atoms. The maximum absolute atomic E-state index is 11.1. The first-order valence-electron chi connectivity index (χ1n) is 3.77. The third kappa shape index (κ3) is 2.48. The minimum atomic E-state index is 0.0179. The van der Waals surface area contributed by atoms with Gasteiger partial charge in [0.1, 0.15) is 0 Å². The molecule has 0 aromatic rings. The number of methoxy groups -OCH3 is 1. The molecule has 0 aliphatic carbocycles. The number of carbonyl (C=O) groups is 1. The average molecular weight is 159 g/mol. The fourth-order valence-electron chi connectivity index (χ4n) is 0.958. The van der Waals surface area contributed by atoms with Gasteiger partial charge in [0.05, 0.1) is 26.2 Å². The van der Waals surface area contributed by atoms with Gasteiger partial charge in [-0.15, -0.1) is 0 Å². The van der Waals surface area contributed by atoms with Gasteiger partial charge in [0.2, 0.25) is 5.91 Å². The van der Waals surface area contributed by atoms with Gasteiger partial charge in [-0.3, -0.25) is 9.63 Å². The van der Waals surface area contributed by atoms with Crippen molar-refractivity contribution in [3.8, 4) is 0 Å². The zero-order valence-electron chi connectivity index (χ0n) is 6.71. The zero-order valence-corrected chi connectivity index (χ0v) is 6.71. The highest BCUT2D eigenvalue weighted by atomic mass is 16.7. The van der Waals surface area contributed by atoms with Gasteiger partial charge in [-0.05, 0) is 6.42 Å². The summed E-state index contributed by atoms with van der Waals surface area (Å²) in [7, 11) is 1.58. The second kappa shape index (κ2) is 4.31. The second-order valence-electron chi connectivity index (χ2n) is 2.43. The first kappa shape index (κ1) is 8.49. The SMILES string of the molecule is COCCC(=O)N1CCCO1. The van der Waals surface area contributed by atoms with Crippen LogP contribution >= 0.6 is 0 Å². The molecule has 0 bridgehead atoms. The van der Waals surface area contributed by atoms with Crippen molar-refractivity contribution < 1.29 is 14.4 Å². The largest absolute Gasteiger partial charge is 0.384 e. The second-order valence-corrected chi connectivity index (χ2v) is 2.43. The minimum absolute atomic E-state index is 0.0179. The van der Waals surface area contributed by atoms with Gasteiger partial charge in [-0.2, -0.15) is 0 Å². The lowest BCUT2D eigenvalue weighted by atomic mass is 10.4. The molecule has 0 unspecified atom stereocenters. The van der Waals surface area contributed by atoms with Crippen molar-refractivity contribution in [1.82, 2.24) is 5.06 Å². The first-order valence-corrected chi connectivity index (χ1v) is 3.77. The predicted octanol–water partition coefficient (Wildman–Crippen LogP) is 0.187. The molecule has 4 heteroatoms. The van der Waals surface area contributed by atoms with Gasteiger partial charge in [0.15, 0.2) is 0 Å². The molecule has 1 heterocycles. The molecule has 1 aliphatic heterocycles. The van der Waals surface area contributed by atoms with Crippen LogP contribution in [0.1, 0.15) is 12.8 Å². The van der Waals surface area contributed by atoms with Crippen LogP contribution in [0.15, 0.2) is 0 Å². The van der Waals surface area contributed by atoms with Gasteiger partial charge in [0, 0.05) is 7.11 Å². The van der Waals surface area contributed by atoms with E-state index in [4.69, 9.17) is 9.57 Å². The van der Waals surface area contributed by atoms with Crippen molar-refractivity contribution in [2.24, 2.45) is 0 Å². The lowest BCUT2D eigenvalue weighted by Gasteiger charge is -2.12. The van der Waals surface area contributed by atoms with E-state index in [1.165, 1.54) is 5.06 Å². The van der Waals surface area contributed by atoms with Gasteiger partial charge in [0.25, 0.3) is 0 Å². The molecule has 1 amide bonds. The van der Waals surface area contributed by atoms with Crippen molar-refractivity contribution in [2.45, 2.75) is 12.8 Å². The molecule has 0 aromatic carbocycles. The maximum atomic E-state index is 11.1. The number of carbonyl (C=O) groups excluding carboxylic acids is 1. The summed E-state index contributed by atoms with van der Waals surface area (Å²) >= 11 is 0. The molecular formula is C7H13NO3. The zero-order chi connectivity index (χ0) is 8.10. The molecule has 1 saturated heterocycles. The number of hydroxylamine groups is 2. The summed E-state index contributed by atoms with van der Waals surface area (Å²) in [6.45, 7) is 1.86. The lowest BCUT2D eigenvalue weighted by molar-refractivity contribution is -0.169. The van der Waals surface area contributed by atoms with Gasteiger partial charge in [-0.1, -0.05) is 0 Å². The molecule has 4 nitrogen and oxygen atoms in total. The fourth-order valence-corrected chi connectivity index (χ4v) is 0.958. The smallest absolute Gasteiger partial charge is 0.248 e. The Morgan fingerprint density at radius 2 is 2.55 bits per heavy atom. The number of hydrogen-bond donors (Lipinski definition) is 0. The molecule has 64 valence electrons. The lowest BCUT2D eigenvalue weighted by Crippen LogP contribution is -2.27. The standard InChI is InChI=1S/C7H13NO3/c1-10-6-3-7(9)8-4-2-5-11-8/h2-6H2,1H3. The molecule has 0 spiro atoms. The Balaban J connectivity index is 2.17. The van der Waals surface area contributed by atoms with Gasteiger partial charge < -0.3 is 4.74 Å². The molecule has 1 rings (SSSR count). The van der Waals surface area contributed by atoms with Crippen LogP contribution in [0.4, 0.5) is 0 Å². The summed E-state index contributed by atoms with van der Waals surface area (Å²) in [6.07, 6.45) is 1.36. The van der Waals surface area contributed by atoms with Crippen LogP contribution in [0.25, 0.3) is 0 Å². The van der Waals surface area contributed by atoms with E-state index in [0.29, 0.717) is 19.6 Å². The molecule has 0 atom stereocenters. The minimum Gasteiger partial charge on any atom is -0.384 e. The average Bonchev–Trinajstić information content (AvgIpc) is 2.52. The third-order valence-corrected chi connectivity index (χ3v) is 1.55. The molecule has 1 fully saturated rings. The Hall–Kier alpha value is -0.610. The Labute approximate surface area is 66.0 Å². The van der Waals surface area contributed by atoms with E-state index in [2.05, 4.69) is 0 Å². The molecule has 0 radical (unpaired) electrons. The van der Waals surface area contributed by atoms with Crippen LogP contribution in [0.2, 0.25) is 0 Å². The Morgan fingerprint density at radius 1 is 1.73 bits per heavy atom. The number of ether oxygens (including phenoxy) is 1. The van der Waals surface area contributed by atoms with Crippen LogP contribution < -0.4 is 0 Å². The number of rotatable bonds is 3. The molecule has 0 saturated carbocycles. The molecule has 1 aliphatic rings. The van der Waals surface area contributed by atoms with Crippen LogP contribution in [0, 0.1) is 0 Å². The van der Waals surface area contributed by atoms with Crippen LogP contribution in [0.3, 0.4) is 0 Å². The number of hydrogen-bond acceptors (Lipinski definition) is 3. The highest BCUT2D eigenvalue weighted by molar-refractivity contribution is 5.75. The first-order chi connectivity index (χ1) is 5.34. The Bertz CT molecular complexity index is 132. The van der Waals surface area contributed by atoms with Crippen molar-refractivity contribution in [2.75, 3.05) is 26.9 Å². The van der Waals surface area contributed by atoms with Crippen molar-refractivity contribution in [3.63, 3.8) is 0 Å². The Kier molecular flexibility index (Phi) is 3.32. The predicted molar refractivity (Wildman–Crippen MR) is 38.8 cm³/mol. The quantitative estimate of drug-likeness (QED) is 0.590. The normalized spacial score (nSPS) is 17.4. The van der Waals surface area contributed by atoms with Gasteiger partial charge >= 0.3 is 0 Å². The fraction of sp³-hybridized carbons (Fsp3) is 0.857. The highest BCUT2D eigenvalue weighted by Crippen LogP contribution is 2.05. The summed E-state index contributed by atoms with van der Waals surface area (Å²) < 4.78 is 4.77. The van der Waals surface area contributed by atoms with Gasteiger partial charge in [-0.25, -0.2) is 5.06 Å². The topological polar surface area (TPSA) is 38.8 Å². The van der Waals surface area contributed by atoms with E-state index >= 15 is 0 Å². The summed E-state index contributed by atoms with van der Waals surface area (Å²) in [5.74, 6) is 0.0179. The van der Waals surface area contributed by atoms with E-state index in [1.54, 1.807) is 7.11 Å². The van der Waals surface area contributed by atoms with Crippen molar-refractivity contribution in [1.29, 1.82) is 0 Å². The van der Waals surface area contributed by atoms with E-state index in [-0.39, 0.29) is 5.91 Å². The monoisotopic (exact) mass is 159 g/mol. The molecule has 0 aromatic heterocycles. The van der Waals surface area contributed by atoms with Crippen LogP contribution in [-0.2, 0) is 14.4 Å². The highest BCUT2D eigenvalue weighted by Gasteiger charge is 2.18. The van der Waals surface area contributed by atoms with Crippen molar-refractivity contribution >= 4 is 5.91 Å². The molecular weight excluding hydrogens is 146 g/mol. The summed E-state index contributed by atoms with van der Waals surface area (Å²) in [4.78, 5) is 16.2. The summed E-state index contributed by atoms with van der Waals surface area (Å²) in [6, 6.07) is 0. The number of amides is 1. The van der Waals surface area contributed by atoms with E-state index in [1.807, 2.05) is 0 Å². The Morgan fingerprint density at radius 3 is 3.09 bits per heavy atom. The van der Waals surface area contributed by atoms with Crippen LogP contribution in [-0.4, -0.2) is 37.8 Å². The third-order valence-electron chi connectivity index (χ3n) is 1.55. The van der Waals surface area contributed by atoms with Crippen LogP contribution in [0.5, 0.6) is 0 Å².